The van der Waals surface area contributed by atoms with Crippen molar-refractivity contribution in [3.8, 4) is 0 Å². The van der Waals surface area contributed by atoms with Crippen LogP contribution in [0.2, 0.25) is 0 Å². The van der Waals surface area contributed by atoms with Gasteiger partial charge in [-0.25, -0.2) is 9.89 Å². The number of aromatic amines is 1. The minimum atomic E-state index is -0.739. The van der Waals surface area contributed by atoms with Crippen molar-refractivity contribution in [3.63, 3.8) is 0 Å². The Labute approximate surface area is 120 Å². The van der Waals surface area contributed by atoms with Crippen molar-refractivity contribution in [1.82, 2.24) is 15.5 Å². The maximum absolute atomic E-state index is 11.9. The van der Waals surface area contributed by atoms with Crippen LogP contribution in [0.4, 0.5) is 0 Å². The largest absolute Gasteiger partial charge is 0.467 e. The maximum Gasteiger partial charge on any atom is 0.328 e. The third-order valence-electron chi connectivity index (χ3n) is 3.04. The summed E-state index contributed by atoms with van der Waals surface area (Å²) in [5.41, 5.74) is 0.137. The van der Waals surface area contributed by atoms with Crippen molar-refractivity contribution in [1.29, 1.82) is 0 Å². The molecule has 0 saturated heterocycles. The molecule has 2 N–H and O–H groups in total. The molecule has 0 aliphatic rings. The van der Waals surface area contributed by atoms with Crippen molar-refractivity contribution in [2.45, 2.75) is 19.4 Å². The first kappa shape index (κ1) is 14.7. The second-order valence-electron chi connectivity index (χ2n) is 4.53. The quantitative estimate of drug-likeness (QED) is 0.780. The molecule has 1 amide bonds. The molecule has 1 aromatic carbocycles. The van der Waals surface area contributed by atoms with Gasteiger partial charge in [0, 0.05) is 5.39 Å². The number of fused-ring (bicyclic) bond motifs is 1. The summed E-state index contributed by atoms with van der Waals surface area (Å²) < 4.78 is 4.53. The van der Waals surface area contributed by atoms with Crippen LogP contribution in [0.5, 0.6) is 0 Å². The zero-order valence-corrected chi connectivity index (χ0v) is 11.7. The van der Waals surface area contributed by atoms with Gasteiger partial charge in [-0.2, -0.15) is 5.10 Å². The molecule has 0 saturated carbocycles. The summed E-state index contributed by atoms with van der Waals surface area (Å²) in [4.78, 5) is 34.8. The maximum atomic E-state index is 11.9. The fraction of sp³-hybridized carbons (Fsp3) is 0.286. The van der Waals surface area contributed by atoms with Crippen LogP contribution in [0.25, 0.3) is 10.8 Å². The Morgan fingerprint density at radius 1 is 1.33 bits per heavy atom. The topological polar surface area (TPSA) is 101 Å². The van der Waals surface area contributed by atoms with Crippen LogP contribution in [0, 0.1) is 0 Å². The SMILES string of the molecule is COC(=O)C(C)NC(=O)Cc1n[nH]c(=O)c2ccccc12. The number of esters is 1. The Balaban J connectivity index is 2.21. The number of nitrogens with one attached hydrogen (secondary N) is 2. The molecule has 1 aromatic heterocycles. The van der Waals surface area contributed by atoms with Gasteiger partial charge < -0.3 is 10.1 Å². The molecule has 0 fully saturated rings. The zero-order chi connectivity index (χ0) is 15.4. The molecule has 7 nitrogen and oxygen atoms in total. The highest BCUT2D eigenvalue weighted by Gasteiger charge is 2.17. The third-order valence-corrected chi connectivity index (χ3v) is 3.04. The predicted molar refractivity (Wildman–Crippen MR) is 75.7 cm³/mol. The van der Waals surface area contributed by atoms with Gasteiger partial charge in [-0.3, -0.25) is 9.59 Å². The Morgan fingerprint density at radius 2 is 2.00 bits per heavy atom. The smallest absolute Gasteiger partial charge is 0.328 e. The number of carbonyl (C=O) groups is 2. The standard InChI is InChI=1S/C14H15N3O4/c1-8(14(20)21-2)15-12(18)7-11-9-5-3-4-6-10(9)13(19)17-16-11/h3-6,8H,7H2,1-2H3,(H,15,18)(H,17,19). The zero-order valence-electron chi connectivity index (χ0n) is 11.7. The number of aromatic nitrogens is 2. The van der Waals surface area contributed by atoms with Crippen LogP contribution >= 0.6 is 0 Å². The van der Waals surface area contributed by atoms with E-state index < -0.39 is 12.0 Å². The first-order valence-electron chi connectivity index (χ1n) is 6.36. The van der Waals surface area contributed by atoms with Gasteiger partial charge in [-0.1, -0.05) is 18.2 Å². The van der Waals surface area contributed by atoms with E-state index in [1.54, 1.807) is 24.3 Å². The minimum Gasteiger partial charge on any atom is -0.467 e. The lowest BCUT2D eigenvalue weighted by molar-refractivity contribution is -0.144. The number of carbonyl (C=O) groups excluding carboxylic acids is 2. The molecule has 110 valence electrons. The van der Waals surface area contributed by atoms with Gasteiger partial charge in [0.1, 0.15) is 6.04 Å². The van der Waals surface area contributed by atoms with Crippen molar-refractivity contribution < 1.29 is 14.3 Å². The van der Waals surface area contributed by atoms with Gasteiger partial charge in [0.05, 0.1) is 24.6 Å². The van der Waals surface area contributed by atoms with Crippen molar-refractivity contribution in [2.75, 3.05) is 7.11 Å². The van der Waals surface area contributed by atoms with Crippen LogP contribution in [0.3, 0.4) is 0 Å². The summed E-state index contributed by atoms with van der Waals surface area (Å²) in [6.07, 6.45) is -0.0430. The summed E-state index contributed by atoms with van der Waals surface area (Å²) in [7, 11) is 1.25. The molecule has 0 bridgehead atoms. The molecule has 0 aliphatic heterocycles. The normalized spacial score (nSPS) is 11.9. The molecule has 1 atom stereocenters. The van der Waals surface area contributed by atoms with E-state index in [0.717, 1.165) is 0 Å². The molecule has 2 rings (SSSR count). The van der Waals surface area contributed by atoms with Gasteiger partial charge in [-0.05, 0) is 13.0 Å². The van der Waals surface area contributed by atoms with E-state index in [4.69, 9.17) is 0 Å². The summed E-state index contributed by atoms with van der Waals surface area (Å²) in [6.45, 7) is 1.53. The van der Waals surface area contributed by atoms with Crippen LogP contribution < -0.4 is 10.9 Å². The summed E-state index contributed by atoms with van der Waals surface area (Å²) in [5.74, 6) is -0.903. The average molecular weight is 289 g/mol. The molecule has 0 radical (unpaired) electrons. The number of nitrogens with zero attached hydrogens (tertiary/aromatic N) is 1. The monoisotopic (exact) mass is 289 g/mol. The van der Waals surface area contributed by atoms with E-state index in [-0.39, 0.29) is 17.9 Å². The van der Waals surface area contributed by atoms with E-state index in [2.05, 4.69) is 20.3 Å². The number of benzene rings is 1. The van der Waals surface area contributed by atoms with Crippen molar-refractivity contribution in [3.05, 3.63) is 40.3 Å². The lowest BCUT2D eigenvalue weighted by atomic mass is 10.1. The Hall–Kier alpha value is -2.70. The van der Waals surface area contributed by atoms with Crippen LogP contribution in [0.1, 0.15) is 12.6 Å². The Bertz CT molecular complexity index is 738. The minimum absolute atomic E-state index is 0.0430. The number of amides is 1. The van der Waals surface area contributed by atoms with E-state index in [9.17, 15) is 14.4 Å². The Kier molecular flexibility index (Phi) is 4.32. The second kappa shape index (κ2) is 6.17. The van der Waals surface area contributed by atoms with E-state index in [1.165, 1.54) is 14.0 Å². The Morgan fingerprint density at radius 3 is 2.67 bits per heavy atom. The molecular formula is C14H15N3O4. The third kappa shape index (κ3) is 3.25. The van der Waals surface area contributed by atoms with Gasteiger partial charge in [-0.15, -0.1) is 0 Å². The fourth-order valence-electron chi connectivity index (χ4n) is 1.99. The molecule has 0 spiro atoms. The average Bonchev–Trinajstić information content (AvgIpc) is 2.49. The van der Waals surface area contributed by atoms with Gasteiger partial charge in [0.15, 0.2) is 0 Å². The predicted octanol–water partition coefficient (Wildman–Crippen LogP) is 0.143. The molecule has 2 aromatic rings. The van der Waals surface area contributed by atoms with E-state index >= 15 is 0 Å². The summed E-state index contributed by atoms with van der Waals surface area (Å²) >= 11 is 0. The molecular weight excluding hydrogens is 274 g/mol. The highest BCUT2D eigenvalue weighted by Crippen LogP contribution is 2.12. The lowest BCUT2D eigenvalue weighted by Gasteiger charge is -2.11. The fourth-order valence-corrected chi connectivity index (χ4v) is 1.99. The molecule has 0 aliphatic carbocycles. The number of rotatable bonds is 4. The van der Waals surface area contributed by atoms with Gasteiger partial charge in [0.25, 0.3) is 5.56 Å². The van der Waals surface area contributed by atoms with E-state index in [0.29, 0.717) is 16.5 Å². The first-order chi connectivity index (χ1) is 10.0. The highest BCUT2D eigenvalue weighted by molar-refractivity contribution is 5.90. The molecule has 7 heteroatoms. The second-order valence-corrected chi connectivity index (χ2v) is 4.53. The highest BCUT2D eigenvalue weighted by atomic mass is 16.5. The number of ether oxygens (including phenoxy) is 1. The summed E-state index contributed by atoms with van der Waals surface area (Å²) in [5, 5.41) is 9.86. The number of H-pyrrole nitrogens is 1. The first-order valence-corrected chi connectivity index (χ1v) is 6.36. The lowest BCUT2D eigenvalue weighted by Crippen LogP contribution is -2.40. The van der Waals surface area contributed by atoms with Crippen LogP contribution in [0.15, 0.2) is 29.1 Å². The van der Waals surface area contributed by atoms with Gasteiger partial charge in [0.2, 0.25) is 5.91 Å². The van der Waals surface area contributed by atoms with Crippen LogP contribution in [-0.2, 0) is 20.7 Å². The molecule has 1 unspecified atom stereocenters. The van der Waals surface area contributed by atoms with Gasteiger partial charge >= 0.3 is 5.97 Å². The van der Waals surface area contributed by atoms with Crippen LogP contribution in [-0.4, -0.2) is 35.2 Å². The van der Waals surface area contributed by atoms with Crippen molar-refractivity contribution >= 4 is 22.6 Å². The van der Waals surface area contributed by atoms with Crippen molar-refractivity contribution in [2.24, 2.45) is 0 Å². The number of hydrogen-bond donors (Lipinski definition) is 2. The summed E-state index contributed by atoms with van der Waals surface area (Å²) in [6, 6.07) is 6.15. The van der Waals surface area contributed by atoms with E-state index in [1.807, 2.05) is 0 Å². The molecule has 1 heterocycles. The molecule has 21 heavy (non-hydrogen) atoms. The number of hydrogen-bond acceptors (Lipinski definition) is 5. The number of methoxy groups -OCH3 is 1.